The van der Waals surface area contributed by atoms with Crippen molar-refractivity contribution in [3.63, 3.8) is 0 Å². The molecule has 0 unspecified atom stereocenters. The first kappa shape index (κ1) is 16.0. The van der Waals surface area contributed by atoms with Crippen LogP contribution < -0.4 is 5.32 Å². The number of halogens is 1. The van der Waals surface area contributed by atoms with Crippen LogP contribution in [0, 0.1) is 16.7 Å². The van der Waals surface area contributed by atoms with E-state index in [0.717, 1.165) is 0 Å². The summed E-state index contributed by atoms with van der Waals surface area (Å²) in [6.45, 7) is 3.40. The summed E-state index contributed by atoms with van der Waals surface area (Å²) < 4.78 is 0. The Morgan fingerprint density at radius 3 is 2.60 bits per heavy atom. The van der Waals surface area contributed by atoms with E-state index in [1.807, 2.05) is 6.07 Å². The van der Waals surface area contributed by atoms with Crippen molar-refractivity contribution in [1.82, 2.24) is 0 Å². The number of hydrogen-bond acceptors (Lipinski definition) is 3. The van der Waals surface area contributed by atoms with Crippen LogP contribution in [0.4, 0.5) is 5.69 Å². The van der Waals surface area contributed by atoms with Crippen molar-refractivity contribution >= 4 is 29.2 Å². The zero-order valence-corrected chi connectivity index (χ0v) is 12.0. The van der Waals surface area contributed by atoms with Gasteiger partial charge in [0.15, 0.2) is 0 Å². The van der Waals surface area contributed by atoms with Crippen LogP contribution in [-0.2, 0) is 9.59 Å². The number of rotatable bonds is 5. The highest BCUT2D eigenvalue weighted by molar-refractivity contribution is 6.31. The Kier molecular flexibility index (Phi) is 5.12. The molecule has 20 heavy (non-hydrogen) atoms. The van der Waals surface area contributed by atoms with E-state index in [-0.39, 0.29) is 18.7 Å². The number of anilines is 1. The van der Waals surface area contributed by atoms with Crippen molar-refractivity contribution in [2.24, 2.45) is 5.41 Å². The van der Waals surface area contributed by atoms with Gasteiger partial charge in [-0.3, -0.25) is 9.59 Å². The highest BCUT2D eigenvalue weighted by Gasteiger charge is 2.25. The summed E-state index contributed by atoms with van der Waals surface area (Å²) in [5.41, 5.74) is -0.0312. The number of carbonyl (C=O) groups is 2. The molecule has 0 spiro atoms. The third-order valence-electron chi connectivity index (χ3n) is 2.65. The Hall–Kier alpha value is -2.06. The van der Waals surface area contributed by atoms with Gasteiger partial charge in [0.2, 0.25) is 5.91 Å². The first-order valence-electron chi connectivity index (χ1n) is 5.95. The van der Waals surface area contributed by atoms with Gasteiger partial charge in [0, 0.05) is 11.4 Å². The number of hydrogen-bond donors (Lipinski definition) is 2. The quantitative estimate of drug-likeness (QED) is 0.873. The van der Waals surface area contributed by atoms with E-state index in [1.54, 1.807) is 19.9 Å². The maximum Gasteiger partial charge on any atom is 0.303 e. The summed E-state index contributed by atoms with van der Waals surface area (Å²) in [4.78, 5) is 22.6. The molecule has 0 saturated heterocycles. The Morgan fingerprint density at radius 1 is 1.40 bits per heavy atom. The molecule has 0 saturated carbocycles. The Balaban J connectivity index is 2.79. The van der Waals surface area contributed by atoms with Crippen LogP contribution in [0.3, 0.4) is 0 Å². The third-order valence-corrected chi connectivity index (χ3v) is 2.88. The van der Waals surface area contributed by atoms with Gasteiger partial charge in [-0.05, 0) is 23.6 Å². The number of nitrogens with zero attached hydrogens (tertiary/aromatic N) is 1. The number of aliphatic carboxylic acids is 1. The first-order valence-corrected chi connectivity index (χ1v) is 6.32. The zero-order valence-electron chi connectivity index (χ0n) is 11.2. The highest BCUT2D eigenvalue weighted by atomic mass is 35.5. The smallest absolute Gasteiger partial charge is 0.303 e. The second kappa shape index (κ2) is 6.40. The van der Waals surface area contributed by atoms with Crippen LogP contribution in [0.5, 0.6) is 0 Å². The van der Waals surface area contributed by atoms with E-state index in [1.165, 1.54) is 12.1 Å². The summed E-state index contributed by atoms with van der Waals surface area (Å²) in [5.74, 6) is -1.31. The van der Waals surface area contributed by atoms with Crippen LogP contribution >= 0.6 is 11.6 Å². The molecule has 1 aromatic carbocycles. The van der Waals surface area contributed by atoms with Crippen molar-refractivity contribution in [2.45, 2.75) is 26.7 Å². The van der Waals surface area contributed by atoms with Gasteiger partial charge in [-0.15, -0.1) is 0 Å². The Morgan fingerprint density at radius 2 is 2.05 bits per heavy atom. The fourth-order valence-electron chi connectivity index (χ4n) is 1.82. The maximum atomic E-state index is 11.9. The normalized spacial score (nSPS) is 10.7. The molecule has 0 aliphatic carbocycles. The van der Waals surface area contributed by atoms with Crippen LogP contribution in [0.25, 0.3) is 0 Å². The molecule has 2 N–H and O–H groups in total. The van der Waals surface area contributed by atoms with Crippen molar-refractivity contribution in [2.75, 3.05) is 5.32 Å². The van der Waals surface area contributed by atoms with E-state index in [9.17, 15) is 9.59 Å². The molecule has 0 bridgehead atoms. The van der Waals surface area contributed by atoms with Crippen LogP contribution in [0.15, 0.2) is 18.2 Å². The predicted octanol–water partition coefficient (Wildman–Crippen LogP) is 3.04. The monoisotopic (exact) mass is 294 g/mol. The summed E-state index contributed by atoms with van der Waals surface area (Å²) in [6, 6.07) is 6.52. The van der Waals surface area contributed by atoms with Gasteiger partial charge in [-0.1, -0.05) is 25.4 Å². The molecule has 0 aliphatic rings. The van der Waals surface area contributed by atoms with Crippen molar-refractivity contribution in [1.29, 1.82) is 5.26 Å². The van der Waals surface area contributed by atoms with Crippen molar-refractivity contribution < 1.29 is 14.7 Å². The van der Waals surface area contributed by atoms with Gasteiger partial charge in [-0.2, -0.15) is 5.26 Å². The molecule has 0 radical (unpaired) electrons. The molecule has 106 valence electrons. The molecule has 1 rings (SSSR count). The lowest BCUT2D eigenvalue weighted by Gasteiger charge is -2.21. The van der Waals surface area contributed by atoms with Crippen LogP contribution in [-0.4, -0.2) is 17.0 Å². The first-order chi connectivity index (χ1) is 9.23. The molecule has 6 heteroatoms. The molecular weight excluding hydrogens is 280 g/mol. The van der Waals surface area contributed by atoms with E-state index >= 15 is 0 Å². The lowest BCUT2D eigenvalue weighted by atomic mass is 9.85. The fourth-order valence-corrected chi connectivity index (χ4v) is 1.99. The van der Waals surface area contributed by atoms with Crippen molar-refractivity contribution in [3.05, 3.63) is 28.8 Å². The fraction of sp³-hybridized carbons (Fsp3) is 0.357. The lowest BCUT2D eigenvalue weighted by molar-refractivity contribution is -0.139. The minimum atomic E-state index is -0.955. The zero-order chi connectivity index (χ0) is 15.3. The molecule has 0 aliphatic heterocycles. The summed E-state index contributed by atoms with van der Waals surface area (Å²) in [6.07, 6.45) is -0.0717. The summed E-state index contributed by atoms with van der Waals surface area (Å²) in [7, 11) is 0. The summed E-state index contributed by atoms with van der Waals surface area (Å²) in [5, 5.41) is 20.7. The average molecular weight is 295 g/mol. The predicted molar refractivity (Wildman–Crippen MR) is 75.4 cm³/mol. The third kappa shape index (κ3) is 4.90. The van der Waals surface area contributed by atoms with E-state index in [0.29, 0.717) is 16.3 Å². The lowest BCUT2D eigenvalue weighted by Crippen LogP contribution is -2.25. The van der Waals surface area contributed by atoms with Gasteiger partial charge < -0.3 is 10.4 Å². The van der Waals surface area contributed by atoms with Crippen molar-refractivity contribution in [3.8, 4) is 6.07 Å². The number of nitriles is 1. The molecule has 0 aromatic heterocycles. The number of carboxylic acids is 1. The van der Waals surface area contributed by atoms with Crippen LogP contribution in [0.2, 0.25) is 5.02 Å². The SMILES string of the molecule is CC(C)(CC(=O)O)CC(=O)Nc1cc(Cl)ccc1C#N. The molecule has 0 atom stereocenters. The number of carboxylic acid groups (broad SMARTS) is 1. The standard InChI is InChI=1S/C14H15ClN2O3/c1-14(2,7-13(19)20)6-12(18)17-11-5-10(15)4-3-9(11)8-16/h3-5H,6-7H2,1-2H3,(H,17,18)(H,19,20). The number of carbonyl (C=O) groups excluding carboxylic acids is 1. The Bertz CT molecular complexity index is 576. The van der Waals surface area contributed by atoms with Gasteiger partial charge in [-0.25, -0.2) is 0 Å². The molecular formula is C14H15ClN2O3. The highest BCUT2D eigenvalue weighted by Crippen LogP contribution is 2.27. The molecule has 0 heterocycles. The average Bonchev–Trinajstić information content (AvgIpc) is 2.26. The molecule has 5 nitrogen and oxygen atoms in total. The largest absolute Gasteiger partial charge is 0.481 e. The molecule has 1 aromatic rings. The maximum absolute atomic E-state index is 11.9. The Labute approximate surface area is 122 Å². The van der Waals surface area contributed by atoms with E-state index in [4.69, 9.17) is 22.0 Å². The molecule has 0 fully saturated rings. The van der Waals surface area contributed by atoms with Gasteiger partial charge in [0.25, 0.3) is 0 Å². The number of amides is 1. The van der Waals surface area contributed by atoms with Gasteiger partial charge >= 0.3 is 5.97 Å². The van der Waals surface area contributed by atoms with E-state index in [2.05, 4.69) is 5.32 Å². The number of benzene rings is 1. The second-order valence-electron chi connectivity index (χ2n) is 5.26. The summed E-state index contributed by atoms with van der Waals surface area (Å²) >= 11 is 5.82. The topological polar surface area (TPSA) is 90.2 Å². The number of nitrogens with one attached hydrogen (secondary N) is 1. The van der Waals surface area contributed by atoms with Gasteiger partial charge in [0.05, 0.1) is 17.7 Å². The molecule has 1 amide bonds. The van der Waals surface area contributed by atoms with Gasteiger partial charge in [0.1, 0.15) is 6.07 Å². The van der Waals surface area contributed by atoms with Crippen LogP contribution in [0.1, 0.15) is 32.3 Å². The second-order valence-corrected chi connectivity index (χ2v) is 5.70. The minimum absolute atomic E-state index is 0.0384. The minimum Gasteiger partial charge on any atom is -0.481 e. The van der Waals surface area contributed by atoms with E-state index < -0.39 is 11.4 Å².